The van der Waals surface area contributed by atoms with Crippen molar-refractivity contribution in [2.45, 2.75) is 184 Å². The second kappa shape index (κ2) is 33.2. The maximum Gasteiger partial charge on any atom is 0.417 e. The van der Waals surface area contributed by atoms with E-state index in [4.69, 9.17) is 11.6 Å². The van der Waals surface area contributed by atoms with E-state index in [1.54, 1.807) is 12.1 Å². The molecule has 3 N–H and O–H groups in total. The van der Waals surface area contributed by atoms with E-state index in [2.05, 4.69) is 118 Å². The zero-order valence-corrected chi connectivity index (χ0v) is 51.4. The highest BCUT2D eigenvalue weighted by Crippen LogP contribution is 2.37. The van der Waals surface area contributed by atoms with Crippen molar-refractivity contribution in [2.75, 3.05) is 161 Å². The fourth-order valence-corrected chi connectivity index (χ4v) is 14.6. The van der Waals surface area contributed by atoms with Crippen LogP contribution in [-0.2, 0) is 12.6 Å². The first-order valence-electron chi connectivity index (χ1n) is 31.5. The molecular weight excluding hydrogens is 991 g/mol. The number of aryl methyl sites for hydroxylation is 1. The summed E-state index contributed by atoms with van der Waals surface area (Å²) < 4.78 is 41.2. The molecule has 2 aliphatic heterocycles. The van der Waals surface area contributed by atoms with Crippen molar-refractivity contribution in [3.63, 3.8) is 0 Å². The van der Waals surface area contributed by atoms with Crippen LogP contribution in [0.3, 0.4) is 0 Å². The summed E-state index contributed by atoms with van der Waals surface area (Å²) in [6.07, 6.45) is 20.5. The van der Waals surface area contributed by atoms with Crippen molar-refractivity contribution in [1.29, 1.82) is 0 Å². The lowest BCUT2D eigenvalue weighted by molar-refractivity contribution is -0.137. The van der Waals surface area contributed by atoms with E-state index in [1.165, 1.54) is 122 Å². The lowest BCUT2D eigenvalue weighted by atomic mass is 9.84. The van der Waals surface area contributed by atoms with Crippen LogP contribution in [0.25, 0.3) is 0 Å². The summed E-state index contributed by atoms with van der Waals surface area (Å²) >= 11 is 6.28. The number of nitrogens with one attached hydrogen (secondary N) is 3. The van der Waals surface area contributed by atoms with Gasteiger partial charge in [-0.3, -0.25) is 4.90 Å². The average Bonchev–Trinajstić information content (AvgIpc) is 4.21. The van der Waals surface area contributed by atoms with E-state index in [1.807, 2.05) is 0 Å². The van der Waals surface area contributed by atoms with Crippen LogP contribution in [0.4, 0.5) is 13.2 Å². The van der Waals surface area contributed by atoms with Gasteiger partial charge in [-0.2, -0.15) is 13.2 Å². The molecule has 2 heterocycles. The number of halogens is 4. The van der Waals surface area contributed by atoms with Crippen molar-refractivity contribution >= 4 is 11.6 Å². The molecular formula is C62H115ClF3N11. The summed E-state index contributed by atoms with van der Waals surface area (Å²) in [4.78, 5) is 21.1. The second-order valence-electron chi connectivity index (χ2n) is 26.3. The average molecular weight is 1110 g/mol. The van der Waals surface area contributed by atoms with Crippen molar-refractivity contribution in [3.8, 4) is 0 Å². The summed E-state index contributed by atoms with van der Waals surface area (Å²) in [5, 5.41) is 12.2. The maximum atomic E-state index is 13.7. The van der Waals surface area contributed by atoms with Crippen molar-refractivity contribution < 1.29 is 13.2 Å². The first kappa shape index (κ1) is 65.0. The highest BCUT2D eigenvalue weighted by molar-refractivity contribution is 6.31. The van der Waals surface area contributed by atoms with Gasteiger partial charge in [-0.25, -0.2) is 0 Å². The van der Waals surface area contributed by atoms with Gasteiger partial charge in [-0.1, -0.05) is 95.7 Å². The van der Waals surface area contributed by atoms with Crippen LogP contribution in [0.2, 0.25) is 5.02 Å². The Balaban J connectivity index is 1.18. The predicted octanol–water partition coefficient (Wildman–Crippen LogP) is 9.44. The molecule has 0 unspecified atom stereocenters. The van der Waals surface area contributed by atoms with Crippen LogP contribution in [0, 0.1) is 17.8 Å². The minimum atomic E-state index is -4.46. The van der Waals surface area contributed by atoms with Gasteiger partial charge < -0.3 is 50.2 Å². The van der Waals surface area contributed by atoms with Crippen LogP contribution in [0.1, 0.15) is 147 Å². The summed E-state index contributed by atoms with van der Waals surface area (Å²) in [5.74, 6) is 2.20. The first-order valence-corrected chi connectivity index (χ1v) is 31.9. The van der Waals surface area contributed by atoms with Crippen LogP contribution in [0.5, 0.6) is 0 Å². The first-order chi connectivity index (χ1) is 36.9. The third kappa shape index (κ3) is 22.2. The van der Waals surface area contributed by atoms with E-state index in [9.17, 15) is 13.2 Å². The molecule has 1 aromatic carbocycles. The Morgan fingerprint density at radius 3 is 1.99 bits per heavy atom. The Morgan fingerprint density at radius 2 is 1.30 bits per heavy atom. The fraction of sp³-hybridized carbons (Fsp3) is 0.903. The molecule has 0 amide bonds. The molecule has 77 heavy (non-hydrogen) atoms. The van der Waals surface area contributed by atoms with Crippen molar-refractivity contribution in [1.82, 2.24) is 55.1 Å². The number of hydrogen-bond donors (Lipinski definition) is 3. The van der Waals surface area contributed by atoms with Gasteiger partial charge in [0.2, 0.25) is 0 Å². The zero-order chi connectivity index (χ0) is 55.4. The molecule has 0 bridgehead atoms. The van der Waals surface area contributed by atoms with Crippen LogP contribution < -0.4 is 16.0 Å². The second-order valence-corrected chi connectivity index (χ2v) is 26.7. The molecule has 1 aromatic rings. The van der Waals surface area contributed by atoms with E-state index < -0.39 is 11.7 Å². The topological polar surface area (TPSA) is 62.0 Å². The highest BCUT2D eigenvalue weighted by atomic mass is 35.5. The van der Waals surface area contributed by atoms with Gasteiger partial charge in [-0.05, 0) is 169 Å². The minimum absolute atomic E-state index is 0.135. The monoisotopic (exact) mass is 1110 g/mol. The number of likely N-dealkylation sites (N-methyl/N-ethyl adjacent to an activating group) is 7. The molecule has 6 atom stereocenters. The molecule has 3 saturated carbocycles. The molecule has 2 saturated heterocycles. The molecule has 6 rings (SSSR count). The Hall–Kier alpha value is -1.14. The summed E-state index contributed by atoms with van der Waals surface area (Å²) in [7, 11) is 16.5. The molecule has 0 radical (unpaired) electrons. The van der Waals surface area contributed by atoms with Gasteiger partial charge in [0.1, 0.15) is 0 Å². The van der Waals surface area contributed by atoms with E-state index in [0.29, 0.717) is 36.5 Å². The Kier molecular flexibility index (Phi) is 28.1. The summed E-state index contributed by atoms with van der Waals surface area (Å²) in [6.45, 7) is 22.6. The molecule has 3 aliphatic carbocycles. The molecule has 5 fully saturated rings. The van der Waals surface area contributed by atoms with Crippen molar-refractivity contribution in [2.24, 2.45) is 17.8 Å². The Bertz CT molecular complexity index is 1760. The molecule has 446 valence electrons. The van der Waals surface area contributed by atoms with Gasteiger partial charge in [0.25, 0.3) is 0 Å². The Labute approximate surface area is 474 Å². The lowest BCUT2D eigenvalue weighted by Gasteiger charge is -2.42. The largest absolute Gasteiger partial charge is 0.417 e. The number of rotatable bonds is 8. The SMILES string of the molecule is CC[C@H](C)[C@H]1CN(C)CCN(C)CCN(C)[C@@H](CC2CCCCC2)CN(C)CCN[C@@H](CCc2ccc(C(F)(F)F)c(Cl)c2)CN2CCC[C@H]2CNC2(CCCC2)CN(C)[C@@H](C2CCCC2)CN(C)CCN(C)CCCN1. The van der Waals surface area contributed by atoms with Gasteiger partial charge in [0, 0.05) is 127 Å². The third-order valence-corrected chi connectivity index (χ3v) is 20.1. The fourth-order valence-electron chi connectivity index (χ4n) is 14.3. The number of fused-ring (bicyclic) bond motifs is 1. The normalized spacial score (nSPS) is 30.0. The summed E-state index contributed by atoms with van der Waals surface area (Å²) in [5.41, 5.74) is 0.249. The molecule has 5 aliphatic rings. The van der Waals surface area contributed by atoms with Gasteiger partial charge >= 0.3 is 6.18 Å². The third-order valence-electron chi connectivity index (χ3n) is 19.8. The predicted molar refractivity (Wildman–Crippen MR) is 320 cm³/mol. The van der Waals surface area contributed by atoms with Gasteiger partial charge in [0.05, 0.1) is 10.6 Å². The number of alkyl halides is 3. The number of hydrogen-bond acceptors (Lipinski definition) is 11. The minimum Gasteiger partial charge on any atom is -0.312 e. The smallest absolute Gasteiger partial charge is 0.312 e. The van der Waals surface area contributed by atoms with E-state index >= 15 is 0 Å². The standard InChI is InChI=1S/C62H115ClF3N11/c1-10-50(2)59-47-73(6)38-37-71(4)40-41-75(8)56(42-51-20-12-11-13-21-51)46-72(5)35-32-67-54(27-25-52-26-28-57(58(63)43-52)62(64,65)66)45-77-34-18-24-55(77)44-69-61(29-16-17-30-61)49-76(9)60(53-22-14-15-23-53)48-74(7)39-36-70(3)33-19-31-68-59/h26,28,43,50-51,53-56,59-60,67-69H,10-25,27,29-42,44-49H2,1-9H3/t50-,54-,55-,56-,59+,60+/m0/s1. The molecule has 1 spiro atoms. The van der Waals surface area contributed by atoms with Crippen LogP contribution in [-0.4, -0.2) is 236 Å². The lowest BCUT2D eigenvalue weighted by Crippen LogP contribution is -2.58. The number of nitrogens with zero attached hydrogens (tertiary/aromatic N) is 8. The van der Waals surface area contributed by atoms with Gasteiger partial charge in [0.15, 0.2) is 0 Å². The summed E-state index contributed by atoms with van der Waals surface area (Å²) in [6, 6.07) is 6.58. The zero-order valence-electron chi connectivity index (χ0n) is 50.6. The van der Waals surface area contributed by atoms with E-state index in [0.717, 1.165) is 135 Å². The maximum absolute atomic E-state index is 13.7. The Morgan fingerprint density at radius 1 is 0.649 bits per heavy atom. The van der Waals surface area contributed by atoms with Crippen LogP contribution >= 0.6 is 11.6 Å². The molecule has 11 nitrogen and oxygen atoms in total. The van der Waals surface area contributed by atoms with Crippen LogP contribution in [0.15, 0.2) is 18.2 Å². The number of benzene rings is 1. The quantitative estimate of drug-likeness (QED) is 0.234. The van der Waals surface area contributed by atoms with Crippen molar-refractivity contribution in [3.05, 3.63) is 34.3 Å². The molecule has 15 heteroatoms. The van der Waals surface area contributed by atoms with Gasteiger partial charge in [-0.15, -0.1) is 0 Å². The molecule has 0 aromatic heterocycles. The van der Waals surface area contributed by atoms with E-state index in [-0.39, 0.29) is 16.6 Å². The highest BCUT2D eigenvalue weighted by Gasteiger charge is 2.40.